The Morgan fingerprint density at radius 1 is 0.608 bits per heavy atom. The molecule has 3 radical (unpaired) electrons. The summed E-state index contributed by atoms with van der Waals surface area (Å²) in [5.74, 6) is 0. The Balaban J connectivity index is 0. The van der Waals surface area contributed by atoms with Crippen LogP contribution < -0.4 is 14.2 Å². The number of benzene rings is 4. The Hall–Kier alpha value is 0.381. The number of rotatable bonds is 15. The van der Waals surface area contributed by atoms with Crippen LogP contribution in [0.25, 0.3) is 0 Å². The quantitative estimate of drug-likeness (QED) is 0.0837. The van der Waals surface area contributed by atoms with Gasteiger partial charge in [0.05, 0.1) is 10.1 Å². The van der Waals surface area contributed by atoms with E-state index in [1.807, 2.05) is 45.0 Å². The van der Waals surface area contributed by atoms with E-state index >= 15 is 0 Å². The van der Waals surface area contributed by atoms with E-state index in [0.29, 0.717) is 22.7 Å². The second kappa shape index (κ2) is 28.7. The molecule has 0 bridgehead atoms. The summed E-state index contributed by atoms with van der Waals surface area (Å²) in [6, 6.07) is 36.7. The fraction of sp³-hybridized carbons (Fsp3) is 0.333. The molecule has 0 fully saturated rings. The van der Waals surface area contributed by atoms with E-state index in [-0.39, 0.29) is 140 Å². The molecule has 0 aromatic heterocycles. The first kappa shape index (κ1) is 53.5. The molecule has 0 amide bonds. The van der Waals surface area contributed by atoms with Crippen LogP contribution in [0.1, 0.15) is 66.2 Å². The number of nitrogens with one attached hydrogen (secondary N) is 3. The number of anilines is 2. The first-order valence-corrected chi connectivity index (χ1v) is 20.4. The molecule has 4 aromatic rings. The molecule has 0 saturated heterocycles. The molecule has 2 atom stereocenters. The molecule has 9 nitrogen and oxygen atoms in total. The molecule has 4 rings (SSSR count). The predicted molar refractivity (Wildman–Crippen MR) is 194 cm³/mol. The fourth-order valence-electron chi connectivity index (χ4n) is 4.14. The summed E-state index contributed by atoms with van der Waals surface area (Å²) in [5.41, 5.74) is 1.16. The number of sulfonamides is 3. The summed E-state index contributed by atoms with van der Waals surface area (Å²) in [7, 11) is -10.2. The number of hydrogen-bond acceptors (Lipinski definition) is 6. The molecule has 0 aliphatic rings. The van der Waals surface area contributed by atoms with Crippen molar-refractivity contribution in [2.24, 2.45) is 0 Å². The summed E-state index contributed by atoms with van der Waals surface area (Å²) in [5, 5.41) is -0.288. The van der Waals surface area contributed by atoms with Crippen molar-refractivity contribution in [3.05, 3.63) is 121 Å². The van der Waals surface area contributed by atoms with Gasteiger partial charge in [-0.3, -0.25) is 14.3 Å². The van der Waals surface area contributed by atoms with E-state index in [0.717, 1.165) is 32.1 Å². The van der Waals surface area contributed by atoms with Gasteiger partial charge in [0.2, 0.25) is 20.0 Å². The van der Waals surface area contributed by atoms with Crippen molar-refractivity contribution in [2.45, 2.75) is 87.3 Å². The van der Waals surface area contributed by atoms with Gasteiger partial charge < -0.3 is 30.3 Å². The zero-order chi connectivity index (χ0) is 35.5. The van der Waals surface area contributed by atoms with Crippen LogP contribution in [-0.2, 0) is 30.1 Å². The topological polar surface area (TPSA) is 139 Å². The third-order valence-corrected chi connectivity index (χ3v) is 11.8. The largest absolute Gasteiger partial charge is 0.545 e. The zero-order valence-electron chi connectivity index (χ0n) is 29.6. The molecule has 3 N–H and O–H groups in total. The van der Waals surface area contributed by atoms with Gasteiger partial charge in [-0.2, -0.15) is 0 Å². The predicted octanol–water partition coefficient (Wildman–Crippen LogP) is 7.44. The standard InChI is InChI=1S/C14H23NO2S.C12H8NO2S.C10H15NO2S.3Pr/c1-3-5-7-12-14(4-2)18(16,17)15-13-10-8-6-9-11-13;14-16(15,12-9-5-2-6-10-12)13-11-7-3-1-4-8-11;1-3-9(2)11-14(12,13)10-7-5-4-6-8-10;;;/h6,8-11,14-15H,3-5,7,12H2,1-2H3;1,3-8,13H;4-9,11H,3H2,1-2H3;;;/q;-3;;;;. The van der Waals surface area contributed by atoms with Crippen LogP contribution in [0, 0.1) is 142 Å². The van der Waals surface area contributed by atoms with E-state index in [4.69, 9.17) is 0 Å². The Bertz CT molecular complexity index is 1790. The van der Waals surface area contributed by atoms with Crippen molar-refractivity contribution in [2.75, 3.05) is 9.44 Å². The van der Waals surface area contributed by atoms with Crippen molar-refractivity contribution in [3.63, 3.8) is 0 Å². The van der Waals surface area contributed by atoms with Crippen LogP contribution >= 0.6 is 0 Å². The molecular formula is C36H46N3O6Pr3S3-3. The minimum Gasteiger partial charge on any atom is -0.545 e. The van der Waals surface area contributed by atoms with Crippen molar-refractivity contribution in [1.29, 1.82) is 0 Å². The van der Waals surface area contributed by atoms with Crippen molar-refractivity contribution < 1.29 is 149 Å². The molecule has 0 aliphatic heterocycles. The number of para-hydroxylation sites is 2. The Kier molecular flexibility index (Phi) is 30.1. The van der Waals surface area contributed by atoms with Gasteiger partial charge in [0.1, 0.15) is 0 Å². The van der Waals surface area contributed by atoms with Gasteiger partial charge in [-0.15, -0.1) is 0 Å². The van der Waals surface area contributed by atoms with E-state index in [1.165, 1.54) is 12.1 Å². The monoisotopic (exact) mass is 1130 g/mol. The third-order valence-electron chi connectivity index (χ3n) is 6.95. The molecule has 0 spiro atoms. The minimum absolute atomic E-state index is 0. The SMILES string of the molecule is CCC(C)NS(=O)(=O)c1ccccc1.CCCCCC(CC)S(=O)(=O)Nc1ccccc1.O=S(=O)(Nc1ccccc1)c1[c-]c[c-]c[c-]1.[Pr].[Pr].[Pr]. The van der Waals surface area contributed by atoms with Crippen LogP contribution in [0.15, 0.2) is 113 Å². The summed E-state index contributed by atoms with van der Waals surface area (Å²) >= 11 is 0. The first-order valence-electron chi connectivity index (χ1n) is 15.9. The second-order valence-corrected chi connectivity index (χ2v) is 16.1. The maximum Gasteiger partial charge on any atom is 0.240 e. The molecule has 2 unspecified atom stereocenters. The van der Waals surface area contributed by atoms with Crippen molar-refractivity contribution in [3.8, 4) is 0 Å². The number of unbranched alkanes of at least 4 members (excludes halogenated alkanes) is 2. The first-order chi connectivity index (χ1) is 22.8. The molecule has 0 heterocycles. The van der Waals surface area contributed by atoms with Gasteiger partial charge in [-0.1, -0.05) is 94.6 Å². The minimum atomic E-state index is -3.59. The van der Waals surface area contributed by atoms with Gasteiger partial charge >= 0.3 is 0 Å². The van der Waals surface area contributed by atoms with Gasteiger partial charge in [-0.25, -0.2) is 30.0 Å². The Morgan fingerprint density at radius 3 is 1.53 bits per heavy atom. The average Bonchev–Trinajstić information content (AvgIpc) is 3.08. The summed E-state index contributed by atoms with van der Waals surface area (Å²) in [4.78, 5) is 0.301. The van der Waals surface area contributed by atoms with E-state index < -0.39 is 30.1 Å². The average molecular weight is 1140 g/mol. The van der Waals surface area contributed by atoms with Crippen LogP contribution in [0.4, 0.5) is 11.4 Å². The molecular weight excluding hydrogens is 1090 g/mol. The van der Waals surface area contributed by atoms with Crippen LogP contribution in [0.2, 0.25) is 0 Å². The summed E-state index contributed by atoms with van der Waals surface area (Å²) < 4.78 is 79.1. The van der Waals surface area contributed by atoms with Gasteiger partial charge in [0.25, 0.3) is 0 Å². The Labute approximate surface area is 406 Å². The Morgan fingerprint density at radius 2 is 1.08 bits per heavy atom. The van der Waals surface area contributed by atoms with Gasteiger partial charge in [0.15, 0.2) is 10.0 Å². The van der Waals surface area contributed by atoms with Crippen LogP contribution in [0.3, 0.4) is 0 Å². The normalized spacial score (nSPS) is 11.9. The van der Waals surface area contributed by atoms with Gasteiger partial charge in [0, 0.05) is 141 Å². The molecule has 51 heavy (non-hydrogen) atoms. The van der Waals surface area contributed by atoms with E-state index in [2.05, 4.69) is 39.3 Å². The molecule has 271 valence electrons. The van der Waals surface area contributed by atoms with Gasteiger partial charge in [-0.05, 0) is 62.6 Å². The van der Waals surface area contributed by atoms with Crippen LogP contribution in [0.5, 0.6) is 0 Å². The fourth-order valence-corrected chi connectivity index (χ4v) is 8.01. The maximum atomic E-state index is 12.2. The van der Waals surface area contributed by atoms with E-state index in [1.54, 1.807) is 66.7 Å². The molecule has 0 aliphatic carbocycles. The number of hydrogen-bond donors (Lipinski definition) is 3. The zero-order valence-corrected chi connectivity index (χ0v) is 43.2. The maximum absolute atomic E-state index is 12.2. The summed E-state index contributed by atoms with van der Waals surface area (Å²) in [6.45, 7) is 7.84. The molecule has 4 aromatic carbocycles. The van der Waals surface area contributed by atoms with Crippen molar-refractivity contribution >= 4 is 41.4 Å². The molecule has 15 heteroatoms. The van der Waals surface area contributed by atoms with E-state index in [9.17, 15) is 25.3 Å². The smallest absolute Gasteiger partial charge is 0.240 e. The summed E-state index contributed by atoms with van der Waals surface area (Å²) in [6.07, 6.45) is 5.37. The third kappa shape index (κ3) is 21.3. The van der Waals surface area contributed by atoms with Crippen molar-refractivity contribution in [1.82, 2.24) is 4.72 Å². The molecule has 0 saturated carbocycles. The second-order valence-electron chi connectivity index (χ2n) is 10.8. The van der Waals surface area contributed by atoms with Crippen LogP contribution in [-0.4, -0.2) is 36.5 Å².